The first-order valence-electron chi connectivity index (χ1n) is 3.97. The Balaban J connectivity index is 2.85. The number of H-pyrrole nitrogens is 1. The SMILES string of the molecule is Cc1cccc2[nH]cc(N=C=O)c12. The van der Waals surface area contributed by atoms with E-state index in [1.165, 1.54) is 0 Å². The van der Waals surface area contributed by atoms with Crippen LogP contribution in [0.4, 0.5) is 5.69 Å². The van der Waals surface area contributed by atoms with Crippen molar-refractivity contribution in [1.29, 1.82) is 0 Å². The number of aromatic nitrogens is 1. The van der Waals surface area contributed by atoms with Crippen LogP contribution in [0.15, 0.2) is 29.4 Å². The topological polar surface area (TPSA) is 45.2 Å². The predicted molar refractivity (Wildman–Crippen MR) is 50.8 cm³/mol. The maximum atomic E-state index is 10.1. The quantitative estimate of drug-likeness (QED) is 0.521. The van der Waals surface area contributed by atoms with Crippen LogP contribution in [-0.4, -0.2) is 11.1 Å². The molecule has 0 saturated carbocycles. The van der Waals surface area contributed by atoms with Crippen molar-refractivity contribution >= 4 is 22.7 Å². The Labute approximate surface area is 75.1 Å². The lowest BCUT2D eigenvalue weighted by Crippen LogP contribution is -1.72. The summed E-state index contributed by atoms with van der Waals surface area (Å²) in [6.45, 7) is 1.99. The van der Waals surface area contributed by atoms with Crippen molar-refractivity contribution in [3.63, 3.8) is 0 Å². The molecular weight excluding hydrogens is 164 g/mol. The lowest BCUT2D eigenvalue weighted by molar-refractivity contribution is 0.565. The van der Waals surface area contributed by atoms with Gasteiger partial charge in [-0.25, -0.2) is 4.79 Å². The number of rotatable bonds is 1. The minimum absolute atomic E-state index is 0.656. The monoisotopic (exact) mass is 172 g/mol. The lowest BCUT2D eigenvalue weighted by Gasteiger charge is -1.94. The van der Waals surface area contributed by atoms with E-state index in [1.807, 2.05) is 25.1 Å². The van der Waals surface area contributed by atoms with Crippen LogP contribution in [0.25, 0.3) is 10.9 Å². The molecule has 3 heteroatoms. The lowest BCUT2D eigenvalue weighted by atomic mass is 10.1. The van der Waals surface area contributed by atoms with E-state index in [9.17, 15) is 4.79 Å². The van der Waals surface area contributed by atoms with Gasteiger partial charge in [0, 0.05) is 17.1 Å². The molecule has 0 bridgehead atoms. The van der Waals surface area contributed by atoms with Crippen molar-refractivity contribution in [1.82, 2.24) is 4.98 Å². The van der Waals surface area contributed by atoms with Gasteiger partial charge in [0.15, 0.2) is 0 Å². The van der Waals surface area contributed by atoms with Gasteiger partial charge in [-0.2, -0.15) is 4.99 Å². The first-order valence-corrected chi connectivity index (χ1v) is 3.97. The number of aliphatic imine (C=N–C) groups is 1. The van der Waals surface area contributed by atoms with E-state index in [2.05, 4.69) is 9.98 Å². The number of hydrogen-bond donors (Lipinski definition) is 1. The fourth-order valence-corrected chi connectivity index (χ4v) is 1.48. The third-order valence-corrected chi connectivity index (χ3v) is 2.06. The molecule has 1 aromatic carbocycles. The summed E-state index contributed by atoms with van der Waals surface area (Å²) in [4.78, 5) is 16.8. The minimum Gasteiger partial charge on any atom is -0.359 e. The summed E-state index contributed by atoms with van der Waals surface area (Å²) < 4.78 is 0. The molecule has 13 heavy (non-hydrogen) atoms. The van der Waals surface area contributed by atoms with E-state index in [1.54, 1.807) is 12.3 Å². The molecule has 1 N–H and O–H groups in total. The van der Waals surface area contributed by atoms with Gasteiger partial charge < -0.3 is 4.98 Å². The van der Waals surface area contributed by atoms with Crippen molar-refractivity contribution in [3.8, 4) is 0 Å². The molecule has 0 radical (unpaired) electrons. The second kappa shape index (κ2) is 2.88. The van der Waals surface area contributed by atoms with Crippen molar-refractivity contribution < 1.29 is 4.79 Å². The van der Waals surface area contributed by atoms with Crippen LogP contribution in [0.3, 0.4) is 0 Å². The molecule has 0 aliphatic rings. The first kappa shape index (κ1) is 7.77. The molecule has 2 aromatic rings. The number of nitrogens with one attached hydrogen (secondary N) is 1. The van der Waals surface area contributed by atoms with Gasteiger partial charge in [-0.1, -0.05) is 12.1 Å². The van der Waals surface area contributed by atoms with Gasteiger partial charge in [-0.3, -0.25) is 0 Å². The highest BCUT2D eigenvalue weighted by molar-refractivity contribution is 5.94. The number of nitrogens with zero attached hydrogens (tertiary/aromatic N) is 1. The van der Waals surface area contributed by atoms with Crippen LogP contribution in [0.2, 0.25) is 0 Å². The Hall–Kier alpha value is -1.86. The second-order valence-electron chi connectivity index (χ2n) is 2.87. The minimum atomic E-state index is 0.656. The maximum Gasteiger partial charge on any atom is 0.240 e. The van der Waals surface area contributed by atoms with Crippen molar-refractivity contribution in [2.75, 3.05) is 0 Å². The Morgan fingerprint density at radius 2 is 2.31 bits per heavy atom. The molecule has 1 aromatic heterocycles. The number of benzene rings is 1. The van der Waals surface area contributed by atoms with Gasteiger partial charge in [0.05, 0.1) is 0 Å². The van der Waals surface area contributed by atoms with E-state index >= 15 is 0 Å². The molecular formula is C10H8N2O. The zero-order valence-electron chi connectivity index (χ0n) is 7.16. The van der Waals surface area contributed by atoms with Crippen LogP contribution in [-0.2, 0) is 4.79 Å². The fraction of sp³-hybridized carbons (Fsp3) is 0.100. The molecule has 2 rings (SSSR count). The Morgan fingerprint density at radius 3 is 3.08 bits per heavy atom. The maximum absolute atomic E-state index is 10.1. The zero-order chi connectivity index (χ0) is 9.26. The van der Waals surface area contributed by atoms with Crippen LogP contribution < -0.4 is 0 Å². The highest BCUT2D eigenvalue weighted by atomic mass is 16.1. The molecule has 64 valence electrons. The molecule has 0 atom stereocenters. The Morgan fingerprint density at radius 1 is 1.46 bits per heavy atom. The summed E-state index contributed by atoms with van der Waals surface area (Å²) in [7, 11) is 0. The van der Waals surface area contributed by atoms with Gasteiger partial charge in [-0.15, -0.1) is 0 Å². The van der Waals surface area contributed by atoms with E-state index in [4.69, 9.17) is 0 Å². The van der Waals surface area contributed by atoms with Crippen molar-refractivity contribution in [2.24, 2.45) is 4.99 Å². The van der Waals surface area contributed by atoms with Gasteiger partial charge >= 0.3 is 0 Å². The van der Waals surface area contributed by atoms with Gasteiger partial charge in [0.1, 0.15) is 5.69 Å². The smallest absolute Gasteiger partial charge is 0.240 e. The predicted octanol–water partition coefficient (Wildman–Crippen LogP) is 2.44. The van der Waals surface area contributed by atoms with Gasteiger partial charge in [0.2, 0.25) is 6.08 Å². The zero-order valence-corrected chi connectivity index (χ0v) is 7.16. The molecule has 0 unspecified atom stereocenters. The number of aromatic amines is 1. The third-order valence-electron chi connectivity index (χ3n) is 2.06. The number of aryl methyl sites for hydroxylation is 1. The number of fused-ring (bicyclic) bond motifs is 1. The summed E-state index contributed by atoms with van der Waals surface area (Å²) in [5.74, 6) is 0. The summed E-state index contributed by atoms with van der Waals surface area (Å²) in [5.41, 5.74) is 2.75. The van der Waals surface area contributed by atoms with Crippen LogP contribution >= 0.6 is 0 Å². The standard InChI is InChI=1S/C10H8N2O/c1-7-3-2-4-8-10(7)9(5-11-8)12-6-13/h2-5,11H,1H3. The summed E-state index contributed by atoms with van der Waals surface area (Å²) >= 11 is 0. The molecule has 0 amide bonds. The van der Waals surface area contributed by atoms with Gasteiger partial charge in [0.25, 0.3) is 0 Å². The van der Waals surface area contributed by atoms with Crippen molar-refractivity contribution in [3.05, 3.63) is 30.0 Å². The summed E-state index contributed by atoms with van der Waals surface area (Å²) in [6, 6.07) is 5.90. The average Bonchev–Trinajstić information content (AvgIpc) is 2.51. The molecule has 0 aliphatic heterocycles. The van der Waals surface area contributed by atoms with Crippen LogP contribution in [0, 0.1) is 6.92 Å². The Kier molecular flexibility index (Phi) is 1.72. The highest BCUT2D eigenvalue weighted by Crippen LogP contribution is 2.27. The summed E-state index contributed by atoms with van der Waals surface area (Å²) in [6.07, 6.45) is 3.26. The first-order chi connectivity index (χ1) is 6.33. The number of isocyanates is 1. The van der Waals surface area contributed by atoms with Gasteiger partial charge in [-0.05, 0) is 18.6 Å². The van der Waals surface area contributed by atoms with Crippen molar-refractivity contribution in [2.45, 2.75) is 6.92 Å². The van der Waals surface area contributed by atoms with E-state index in [0.717, 1.165) is 16.5 Å². The molecule has 0 fully saturated rings. The van der Waals surface area contributed by atoms with Crippen LogP contribution in [0.1, 0.15) is 5.56 Å². The largest absolute Gasteiger partial charge is 0.359 e. The normalized spacial score (nSPS) is 9.92. The third kappa shape index (κ3) is 1.15. The number of hydrogen-bond acceptors (Lipinski definition) is 2. The van der Waals surface area contributed by atoms with E-state index in [-0.39, 0.29) is 0 Å². The van der Waals surface area contributed by atoms with E-state index < -0.39 is 0 Å². The van der Waals surface area contributed by atoms with E-state index in [0.29, 0.717) is 5.69 Å². The molecule has 0 aliphatic carbocycles. The molecule has 0 spiro atoms. The second-order valence-corrected chi connectivity index (χ2v) is 2.87. The fourth-order valence-electron chi connectivity index (χ4n) is 1.48. The Bertz CT molecular complexity index is 493. The molecule has 3 nitrogen and oxygen atoms in total. The highest BCUT2D eigenvalue weighted by Gasteiger charge is 2.03. The molecule has 0 saturated heterocycles. The summed E-state index contributed by atoms with van der Waals surface area (Å²) in [5, 5.41) is 0.992. The van der Waals surface area contributed by atoms with Crippen LogP contribution in [0.5, 0.6) is 0 Å². The average molecular weight is 172 g/mol. The number of carbonyl (C=O) groups excluding carboxylic acids is 1. The molecule has 1 heterocycles.